The van der Waals surface area contributed by atoms with Crippen molar-refractivity contribution in [2.45, 2.75) is 26.8 Å². The highest BCUT2D eigenvalue weighted by Gasteiger charge is 2.10. The third kappa shape index (κ3) is 7.25. The van der Waals surface area contributed by atoms with Crippen molar-refractivity contribution in [3.63, 3.8) is 0 Å². The van der Waals surface area contributed by atoms with Crippen LogP contribution in [-0.2, 0) is 16.8 Å². The molecule has 0 bridgehead atoms. The van der Waals surface area contributed by atoms with Gasteiger partial charge in [-0.05, 0) is 17.5 Å². The average Bonchev–Trinajstić information content (AvgIpc) is 2.45. The molecular formula is C15H22N2O3S. The standard InChI is InChI=1S/C15H22N2O3S/c1-13(2)11-16-21(19,20)17-12-15-9-4-3-7-14(15)8-5-6-10-18/h3-4,7,9,13,16-18H,6,10-12H2,1-2H3. The van der Waals surface area contributed by atoms with Gasteiger partial charge in [-0.3, -0.25) is 0 Å². The van der Waals surface area contributed by atoms with Gasteiger partial charge in [-0.1, -0.05) is 43.9 Å². The van der Waals surface area contributed by atoms with Crippen molar-refractivity contribution >= 4 is 10.2 Å². The van der Waals surface area contributed by atoms with E-state index >= 15 is 0 Å². The molecule has 0 saturated heterocycles. The molecule has 1 rings (SSSR count). The summed E-state index contributed by atoms with van der Waals surface area (Å²) in [6.45, 7) is 4.47. The molecule has 0 aliphatic carbocycles. The van der Waals surface area contributed by atoms with E-state index in [-0.39, 0.29) is 19.1 Å². The zero-order chi connectivity index (χ0) is 15.7. The van der Waals surface area contributed by atoms with Crippen molar-refractivity contribution in [2.75, 3.05) is 13.2 Å². The van der Waals surface area contributed by atoms with Gasteiger partial charge < -0.3 is 5.11 Å². The SMILES string of the molecule is CC(C)CNS(=O)(=O)NCc1ccccc1C#CCCO. The van der Waals surface area contributed by atoms with Gasteiger partial charge in [-0.2, -0.15) is 13.1 Å². The molecular weight excluding hydrogens is 288 g/mol. The minimum absolute atomic E-state index is 0.0148. The van der Waals surface area contributed by atoms with E-state index in [9.17, 15) is 8.42 Å². The van der Waals surface area contributed by atoms with Crippen molar-refractivity contribution in [3.05, 3.63) is 35.4 Å². The highest BCUT2D eigenvalue weighted by Crippen LogP contribution is 2.07. The summed E-state index contributed by atoms with van der Waals surface area (Å²) in [6, 6.07) is 7.34. The van der Waals surface area contributed by atoms with Crippen LogP contribution in [0.3, 0.4) is 0 Å². The first-order chi connectivity index (χ1) is 9.94. The minimum atomic E-state index is -3.50. The maximum atomic E-state index is 11.8. The van der Waals surface area contributed by atoms with Gasteiger partial charge in [0.1, 0.15) is 0 Å². The normalized spacial score (nSPS) is 11.2. The molecule has 0 unspecified atom stereocenters. The number of aliphatic hydroxyl groups excluding tert-OH is 1. The Balaban J connectivity index is 2.69. The zero-order valence-electron chi connectivity index (χ0n) is 12.4. The lowest BCUT2D eigenvalue weighted by molar-refractivity contribution is 0.305. The number of hydrogen-bond donors (Lipinski definition) is 3. The average molecular weight is 310 g/mol. The van der Waals surface area contributed by atoms with E-state index in [1.54, 1.807) is 0 Å². The van der Waals surface area contributed by atoms with Crippen molar-refractivity contribution < 1.29 is 13.5 Å². The number of benzene rings is 1. The molecule has 1 aromatic carbocycles. The summed E-state index contributed by atoms with van der Waals surface area (Å²) >= 11 is 0. The first kappa shape index (κ1) is 17.7. The van der Waals surface area contributed by atoms with Crippen LogP contribution in [0.1, 0.15) is 31.4 Å². The molecule has 0 fully saturated rings. The third-order valence-electron chi connectivity index (χ3n) is 2.61. The van der Waals surface area contributed by atoms with Crippen LogP contribution < -0.4 is 9.44 Å². The molecule has 0 aromatic heterocycles. The number of rotatable bonds is 7. The summed E-state index contributed by atoms with van der Waals surface area (Å²) < 4.78 is 28.6. The van der Waals surface area contributed by atoms with Crippen LogP contribution in [0.25, 0.3) is 0 Å². The van der Waals surface area contributed by atoms with Gasteiger partial charge in [0.15, 0.2) is 0 Å². The van der Waals surface area contributed by atoms with Crippen molar-refractivity contribution in [1.82, 2.24) is 9.44 Å². The fourth-order valence-corrected chi connectivity index (χ4v) is 2.51. The van der Waals surface area contributed by atoms with Crippen LogP contribution >= 0.6 is 0 Å². The Morgan fingerprint density at radius 2 is 1.95 bits per heavy atom. The van der Waals surface area contributed by atoms with Crippen LogP contribution in [0.5, 0.6) is 0 Å². The predicted octanol–water partition coefficient (Wildman–Crippen LogP) is 1.00. The molecule has 116 valence electrons. The number of hydrogen-bond acceptors (Lipinski definition) is 3. The summed E-state index contributed by atoms with van der Waals surface area (Å²) in [6.07, 6.45) is 0.399. The van der Waals surface area contributed by atoms with Gasteiger partial charge >= 0.3 is 0 Å². The lowest BCUT2D eigenvalue weighted by atomic mass is 10.1. The fraction of sp³-hybridized carbons (Fsp3) is 0.467. The van der Waals surface area contributed by atoms with Crippen LogP contribution in [0, 0.1) is 17.8 Å². The fourth-order valence-electron chi connectivity index (χ4n) is 1.51. The number of aliphatic hydroxyl groups is 1. The molecule has 0 aliphatic heterocycles. The molecule has 0 heterocycles. The van der Waals surface area contributed by atoms with E-state index in [1.165, 1.54) is 0 Å². The van der Waals surface area contributed by atoms with Crippen LogP contribution in [0.2, 0.25) is 0 Å². The maximum Gasteiger partial charge on any atom is 0.277 e. The van der Waals surface area contributed by atoms with Crippen molar-refractivity contribution in [3.8, 4) is 11.8 Å². The highest BCUT2D eigenvalue weighted by molar-refractivity contribution is 7.87. The monoisotopic (exact) mass is 310 g/mol. The highest BCUT2D eigenvalue weighted by atomic mass is 32.2. The molecule has 1 aromatic rings. The Bertz CT molecular complexity index is 601. The zero-order valence-corrected chi connectivity index (χ0v) is 13.2. The molecule has 0 amide bonds. The molecule has 6 heteroatoms. The Morgan fingerprint density at radius 1 is 1.24 bits per heavy atom. The lowest BCUT2D eigenvalue weighted by Gasteiger charge is -2.10. The van der Waals surface area contributed by atoms with E-state index in [0.29, 0.717) is 13.0 Å². The van der Waals surface area contributed by atoms with Gasteiger partial charge in [-0.25, -0.2) is 4.72 Å². The van der Waals surface area contributed by atoms with Crippen LogP contribution in [-0.4, -0.2) is 26.7 Å². The molecule has 3 N–H and O–H groups in total. The summed E-state index contributed by atoms with van der Waals surface area (Å²) in [4.78, 5) is 0. The van der Waals surface area contributed by atoms with Gasteiger partial charge in [0, 0.05) is 25.1 Å². The maximum absolute atomic E-state index is 11.8. The van der Waals surface area contributed by atoms with E-state index in [2.05, 4.69) is 21.3 Å². The molecule has 21 heavy (non-hydrogen) atoms. The molecule has 0 saturated carbocycles. The predicted molar refractivity (Wildman–Crippen MR) is 83.6 cm³/mol. The quantitative estimate of drug-likeness (QED) is 0.658. The number of nitrogens with one attached hydrogen (secondary N) is 2. The van der Waals surface area contributed by atoms with Gasteiger partial charge in [-0.15, -0.1) is 0 Å². The first-order valence-electron chi connectivity index (χ1n) is 6.86. The van der Waals surface area contributed by atoms with Crippen molar-refractivity contribution in [1.29, 1.82) is 0 Å². The Hall–Kier alpha value is -1.39. The second-order valence-electron chi connectivity index (χ2n) is 5.00. The van der Waals surface area contributed by atoms with E-state index in [1.807, 2.05) is 38.1 Å². The molecule has 0 spiro atoms. The largest absolute Gasteiger partial charge is 0.395 e. The topological polar surface area (TPSA) is 78.4 Å². The summed E-state index contributed by atoms with van der Waals surface area (Å²) in [5, 5.41) is 8.73. The molecule has 5 nitrogen and oxygen atoms in total. The van der Waals surface area contributed by atoms with Crippen LogP contribution in [0.15, 0.2) is 24.3 Å². The second kappa shape index (κ2) is 8.80. The van der Waals surface area contributed by atoms with E-state index in [4.69, 9.17) is 5.11 Å². The smallest absolute Gasteiger partial charge is 0.277 e. The first-order valence-corrected chi connectivity index (χ1v) is 8.35. The van der Waals surface area contributed by atoms with E-state index < -0.39 is 10.2 Å². The van der Waals surface area contributed by atoms with Gasteiger partial charge in [0.25, 0.3) is 10.2 Å². The van der Waals surface area contributed by atoms with Gasteiger partial charge in [0.2, 0.25) is 0 Å². The molecule has 0 atom stereocenters. The Labute approximate surface area is 127 Å². The summed E-state index contributed by atoms with van der Waals surface area (Å²) in [5.74, 6) is 6.02. The van der Waals surface area contributed by atoms with Crippen LogP contribution in [0.4, 0.5) is 0 Å². The van der Waals surface area contributed by atoms with Crippen molar-refractivity contribution in [2.24, 2.45) is 5.92 Å². The second-order valence-corrected chi connectivity index (χ2v) is 6.58. The summed E-state index contributed by atoms with van der Waals surface area (Å²) in [7, 11) is -3.50. The minimum Gasteiger partial charge on any atom is -0.395 e. The molecule has 0 radical (unpaired) electrons. The van der Waals surface area contributed by atoms with Gasteiger partial charge in [0.05, 0.1) is 6.61 Å². The Kier molecular flexibility index (Phi) is 7.40. The lowest BCUT2D eigenvalue weighted by Crippen LogP contribution is -2.38. The third-order valence-corrected chi connectivity index (χ3v) is 3.68. The molecule has 0 aliphatic rings. The summed E-state index contributed by atoms with van der Waals surface area (Å²) in [5.41, 5.74) is 1.57. The Morgan fingerprint density at radius 3 is 2.62 bits per heavy atom. The van der Waals surface area contributed by atoms with E-state index in [0.717, 1.165) is 11.1 Å².